The zero-order valence-electron chi connectivity index (χ0n) is 15.0. The van der Waals surface area contributed by atoms with Crippen LogP contribution in [0.3, 0.4) is 0 Å². The van der Waals surface area contributed by atoms with Gasteiger partial charge in [-0.05, 0) is 35.4 Å². The summed E-state index contributed by atoms with van der Waals surface area (Å²) in [5.74, 6) is -2.46. The lowest BCUT2D eigenvalue weighted by atomic mass is 10.1. The Balaban J connectivity index is 1.47. The molecule has 2 aromatic heterocycles. The van der Waals surface area contributed by atoms with Crippen LogP contribution in [0.5, 0.6) is 0 Å². The van der Waals surface area contributed by atoms with Crippen molar-refractivity contribution in [2.24, 2.45) is 0 Å². The van der Waals surface area contributed by atoms with Crippen LogP contribution in [0.4, 0.5) is 22.0 Å². The van der Waals surface area contributed by atoms with Gasteiger partial charge < -0.3 is 5.32 Å². The molecule has 1 N–H and O–H groups in total. The second-order valence-electron chi connectivity index (χ2n) is 6.42. The number of benzene rings is 2. The highest BCUT2D eigenvalue weighted by Crippen LogP contribution is 2.33. The molecule has 4 nitrogen and oxygen atoms in total. The van der Waals surface area contributed by atoms with E-state index in [0.29, 0.717) is 21.0 Å². The SMILES string of the molecule is O=C(NCc1ccc(F)c(F)c1)c1cn2cc(-c3ccc(C(F)(F)F)cc3)sc2n1. The number of carbonyl (C=O) groups excluding carboxylic acids is 1. The lowest BCUT2D eigenvalue weighted by molar-refractivity contribution is -0.137. The Hall–Kier alpha value is -3.27. The topological polar surface area (TPSA) is 46.4 Å². The summed E-state index contributed by atoms with van der Waals surface area (Å²) in [5, 5.41) is 2.57. The van der Waals surface area contributed by atoms with Gasteiger partial charge in [0.1, 0.15) is 5.69 Å². The Bertz CT molecular complexity index is 1200. The molecular weight excluding hydrogens is 425 g/mol. The van der Waals surface area contributed by atoms with Crippen molar-refractivity contribution in [2.45, 2.75) is 12.7 Å². The number of hydrogen-bond donors (Lipinski definition) is 1. The van der Waals surface area contributed by atoms with Crippen molar-refractivity contribution < 1.29 is 26.7 Å². The molecule has 0 atom stereocenters. The van der Waals surface area contributed by atoms with Crippen LogP contribution in [0.2, 0.25) is 0 Å². The molecule has 0 aliphatic carbocycles. The molecule has 0 saturated heterocycles. The second kappa shape index (κ2) is 7.52. The van der Waals surface area contributed by atoms with Crippen molar-refractivity contribution in [3.63, 3.8) is 0 Å². The largest absolute Gasteiger partial charge is 0.416 e. The Morgan fingerprint density at radius 3 is 2.40 bits per heavy atom. The normalized spacial score (nSPS) is 11.8. The summed E-state index contributed by atoms with van der Waals surface area (Å²) in [7, 11) is 0. The summed E-state index contributed by atoms with van der Waals surface area (Å²) < 4.78 is 65.8. The summed E-state index contributed by atoms with van der Waals surface area (Å²) in [6.45, 7) is -0.00197. The molecule has 0 fully saturated rings. The number of nitrogens with one attached hydrogen (secondary N) is 1. The zero-order chi connectivity index (χ0) is 21.5. The molecule has 154 valence electrons. The maximum absolute atomic E-state index is 13.2. The molecule has 0 spiro atoms. The lowest BCUT2D eigenvalue weighted by Crippen LogP contribution is -2.23. The number of imidazole rings is 1. The minimum absolute atomic E-state index is 0.00197. The van der Waals surface area contributed by atoms with Gasteiger partial charge >= 0.3 is 6.18 Å². The fourth-order valence-corrected chi connectivity index (χ4v) is 3.76. The second-order valence-corrected chi connectivity index (χ2v) is 7.43. The van der Waals surface area contributed by atoms with Gasteiger partial charge in [0.2, 0.25) is 0 Å². The minimum Gasteiger partial charge on any atom is -0.347 e. The average Bonchev–Trinajstić information content (AvgIpc) is 3.27. The number of thiazole rings is 1. The molecular formula is C20H12F5N3OS. The Kier molecular flexibility index (Phi) is 5.02. The van der Waals surface area contributed by atoms with E-state index < -0.39 is 29.3 Å². The van der Waals surface area contributed by atoms with E-state index in [9.17, 15) is 26.7 Å². The summed E-state index contributed by atoms with van der Waals surface area (Å²) in [6, 6.07) is 8.11. The predicted octanol–water partition coefficient (Wildman–Crippen LogP) is 5.29. The fourth-order valence-electron chi connectivity index (χ4n) is 2.78. The molecule has 0 radical (unpaired) electrons. The highest BCUT2D eigenvalue weighted by Gasteiger charge is 2.30. The summed E-state index contributed by atoms with van der Waals surface area (Å²) in [5.41, 5.74) is 0.395. The average molecular weight is 437 g/mol. The number of fused-ring (bicyclic) bond motifs is 1. The standard InChI is InChI=1S/C20H12F5N3OS/c21-14-6-1-11(7-15(14)22)8-26-18(29)16-9-28-10-17(30-19(28)27-16)12-2-4-13(5-3-12)20(23,24)25/h1-7,9-10H,8H2,(H,26,29). The number of hydrogen-bond acceptors (Lipinski definition) is 3. The Morgan fingerprint density at radius 2 is 1.77 bits per heavy atom. The maximum atomic E-state index is 13.2. The van der Waals surface area contributed by atoms with Crippen molar-refractivity contribution in [1.82, 2.24) is 14.7 Å². The monoisotopic (exact) mass is 437 g/mol. The molecule has 4 aromatic rings. The van der Waals surface area contributed by atoms with Gasteiger partial charge in [0.25, 0.3) is 5.91 Å². The van der Waals surface area contributed by atoms with Crippen molar-refractivity contribution in [3.8, 4) is 10.4 Å². The van der Waals surface area contributed by atoms with Gasteiger partial charge in [0.15, 0.2) is 16.6 Å². The molecule has 4 rings (SSSR count). The summed E-state index contributed by atoms with van der Waals surface area (Å²) in [6.07, 6.45) is -1.24. The molecule has 2 aromatic carbocycles. The first kappa shape index (κ1) is 20.0. The first-order valence-electron chi connectivity index (χ1n) is 8.59. The molecule has 10 heteroatoms. The van der Waals surface area contributed by atoms with Crippen molar-refractivity contribution in [3.05, 3.63) is 83.3 Å². The van der Waals surface area contributed by atoms with E-state index in [1.807, 2.05) is 0 Å². The number of nitrogens with zero attached hydrogens (tertiary/aromatic N) is 2. The van der Waals surface area contributed by atoms with Gasteiger partial charge in [-0.3, -0.25) is 9.20 Å². The highest BCUT2D eigenvalue weighted by molar-refractivity contribution is 7.20. The fraction of sp³-hybridized carbons (Fsp3) is 0.100. The minimum atomic E-state index is -4.40. The van der Waals surface area contributed by atoms with Gasteiger partial charge in [0, 0.05) is 18.9 Å². The molecule has 2 heterocycles. The van der Waals surface area contributed by atoms with Crippen LogP contribution in [0.15, 0.2) is 54.9 Å². The number of carbonyl (C=O) groups is 1. The van der Waals surface area contributed by atoms with Crippen LogP contribution < -0.4 is 5.32 Å². The third kappa shape index (κ3) is 4.04. The summed E-state index contributed by atoms with van der Waals surface area (Å²) in [4.78, 5) is 17.7. The Morgan fingerprint density at radius 1 is 1.03 bits per heavy atom. The van der Waals surface area contributed by atoms with Gasteiger partial charge in [0.05, 0.1) is 10.4 Å². The van der Waals surface area contributed by atoms with E-state index in [1.54, 1.807) is 10.6 Å². The smallest absolute Gasteiger partial charge is 0.347 e. The molecule has 0 unspecified atom stereocenters. The van der Waals surface area contributed by atoms with Gasteiger partial charge in [-0.25, -0.2) is 13.8 Å². The third-order valence-electron chi connectivity index (χ3n) is 4.32. The van der Waals surface area contributed by atoms with Crippen molar-refractivity contribution in [2.75, 3.05) is 0 Å². The number of alkyl halides is 3. The van der Waals surface area contributed by atoms with E-state index in [4.69, 9.17) is 0 Å². The van der Waals surface area contributed by atoms with Crippen LogP contribution >= 0.6 is 11.3 Å². The third-order valence-corrected chi connectivity index (χ3v) is 5.37. The highest BCUT2D eigenvalue weighted by atomic mass is 32.1. The predicted molar refractivity (Wildman–Crippen MR) is 101 cm³/mol. The molecule has 0 saturated carbocycles. The molecule has 0 bridgehead atoms. The van der Waals surface area contributed by atoms with Crippen molar-refractivity contribution >= 4 is 22.2 Å². The zero-order valence-corrected chi connectivity index (χ0v) is 15.8. The Labute approximate surface area is 170 Å². The van der Waals surface area contributed by atoms with Crippen LogP contribution in [-0.4, -0.2) is 15.3 Å². The van der Waals surface area contributed by atoms with E-state index >= 15 is 0 Å². The molecule has 0 aliphatic rings. The quantitative estimate of drug-likeness (QED) is 0.441. The number of rotatable bonds is 4. The van der Waals surface area contributed by atoms with E-state index in [2.05, 4.69) is 10.3 Å². The van der Waals surface area contributed by atoms with Gasteiger partial charge in [-0.15, -0.1) is 0 Å². The van der Waals surface area contributed by atoms with Crippen LogP contribution in [0.1, 0.15) is 21.6 Å². The first-order valence-corrected chi connectivity index (χ1v) is 9.40. The van der Waals surface area contributed by atoms with Crippen LogP contribution in [-0.2, 0) is 12.7 Å². The maximum Gasteiger partial charge on any atom is 0.416 e. The van der Waals surface area contributed by atoms with Crippen molar-refractivity contribution in [1.29, 1.82) is 0 Å². The van der Waals surface area contributed by atoms with E-state index in [-0.39, 0.29) is 12.2 Å². The molecule has 0 aliphatic heterocycles. The van der Waals surface area contributed by atoms with Crippen LogP contribution in [0, 0.1) is 11.6 Å². The number of aromatic nitrogens is 2. The molecule has 1 amide bonds. The number of amides is 1. The molecule has 30 heavy (non-hydrogen) atoms. The van der Waals surface area contributed by atoms with Gasteiger partial charge in [-0.2, -0.15) is 13.2 Å². The lowest BCUT2D eigenvalue weighted by Gasteiger charge is -2.06. The van der Waals surface area contributed by atoms with E-state index in [0.717, 1.165) is 24.3 Å². The first-order chi connectivity index (χ1) is 14.2. The number of halogens is 5. The van der Waals surface area contributed by atoms with Gasteiger partial charge in [-0.1, -0.05) is 29.5 Å². The summed E-state index contributed by atoms with van der Waals surface area (Å²) >= 11 is 1.22. The van der Waals surface area contributed by atoms with Crippen LogP contribution in [0.25, 0.3) is 15.4 Å². The van der Waals surface area contributed by atoms with E-state index in [1.165, 1.54) is 35.7 Å².